The first kappa shape index (κ1) is 23.8. The maximum Gasteiger partial charge on any atom is 0.150 e. The first-order valence-electron chi connectivity index (χ1n) is 11.4. The summed E-state index contributed by atoms with van der Waals surface area (Å²) in [5, 5.41) is 3.29. The Hall–Kier alpha value is -2.84. The minimum absolute atomic E-state index is 0.203. The van der Waals surface area contributed by atoms with Crippen molar-refractivity contribution in [2.24, 2.45) is 5.92 Å². The van der Waals surface area contributed by atoms with Crippen molar-refractivity contribution in [3.63, 3.8) is 0 Å². The van der Waals surface area contributed by atoms with Crippen LogP contribution >= 0.6 is 0 Å². The second-order valence-corrected chi connectivity index (χ2v) is 9.13. The molecular formula is C27H34FN3O. The molecule has 0 spiro atoms. The number of hydrogen-bond donors (Lipinski definition) is 1. The maximum absolute atomic E-state index is 14.8. The van der Waals surface area contributed by atoms with Crippen molar-refractivity contribution in [3.05, 3.63) is 58.9 Å². The number of carbonyl (C=O) groups excluding carboxylic acids is 1. The van der Waals surface area contributed by atoms with Crippen LogP contribution in [0.15, 0.2) is 36.4 Å². The van der Waals surface area contributed by atoms with Crippen LogP contribution in [0.5, 0.6) is 0 Å². The monoisotopic (exact) mass is 435 g/mol. The fourth-order valence-electron chi connectivity index (χ4n) is 3.97. The second-order valence-electron chi connectivity index (χ2n) is 9.13. The number of likely N-dealkylation sites (N-methyl/N-ethyl adjacent to an activating group) is 1. The summed E-state index contributed by atoms with van der Waals surface area (Å²) in [6, 6.07) is 11.5. The van der Waals surface area contributed by atoms with Crippen molar-refractivity contribution in [2.75, 3.05) is 43.9 Å². The molecule has 5 heteroatoms. The number of anilines is 2. The SMILES string of the molecule is CC(C)CC#Cc1ccc(C=O)c(CCNc2ccc(N3CC[C@@H](N(C)C)C3)c(F)c2)c1. The average molecular weight is 436 g/mol. The molecule has 0 aromatic heterocycles. The Morgan fingerprint density at radius 3 is 2.72 bits per heavy atom. The van der Waals surface area contributed by atoms with Gasteiger partial charge in [0.1, 0.15) is 12.1 Å². The molecule has 2 aromatic rings. The summed E-state index contributed by atoms with van der Waals surface area (Å²) in [6.45, 7) is 6.61. The van der Waals surface area contributed by atoms with Gasteiger partial charge in [0, 0.05) is 48.9 Å². The van der Waals surface area contributed by atoms with Crippen LogP contribution in [0.2, 0.25) is 0 Å². The van der Waals surface area contributed by atoms with E-state index in [0.29, 0.717) is 36.2 Å². The lowest BCUT2D eigenvalue weighted by molar-refractivity contribution is 0.112. The van der Waals surface area contributed by atoms with E-state index in [-0.39, 0.29) is 5.82 Å². The number of rotatable bonds is 8. The fraction of sp³-hybridized carbons (Fsp3) is 0.444. The number of nitrogens with one attached hydrogen (secondary N) is 1. The highest BCUT2D eigenvalue weighted by molar-refractivity contribution is 5.77. The topological polar surface area (TPSA) is 35.6 Å². The molecule has 0 aliphatic carbocycles. The van der Waals surface area contributed by atoms with E-state index >= 15 is 0 Å². The zero-order chi connectivity index (χ0) is 23.1. The fourth-order valence-corrected chi connectivity index (χ4v) is 3.97. The zero-order valence-corrected chi connectivity index (χ0v) is 19.6. The van der Waals surface area contributed by atoms with Crippen LogP contribution < -0.4 is 10.2 Å². The summed E-state index contributed by atoms with van der Waals surface area (Å²) >= 11 is 0. The number of benzene rings is 2. The minimum Gasteiger partial charge on any atom is -0.385 e. The summed E-state index contributed by atoms with van der Waals surface area (Å²) in [6.07, 6.45) is 3.44. The summed E-state index contributed by atoms with van der Waals surface area (Å²) in [5.74, 6) is 6.70. The lowest BCUT2D eigenvalue weighted by Gasteiger charge is -2.22. The highest BCUT2D eigenvalue weighted by atomic mass is 19.1. The van der Waals surface area contributed by atoms with Crippen LogP contribution in [-0.2, 0) is 6.42 Å². The largest absolute Gasteiger partial charge is 0.385 e. The Balaban J connectivity index is 1.61. The van der Waals surface area contributed by atoms with Gasteiger partial charge >= 0.3 is 0 Å². The molecule has 170 valence electrons. The predicted octanol–water partition coefficient (Wildman–Crippen LogP) is 4.83. The van der Waals surface area contributed by atoms with Gasteiger partial charge in [-0.1, -0.05) is 31.8 Å². The Bertz CT molecular complexity index is 990. The summed E-state index contributed by atoms with van der Waals surface area (Å²) in [5.41, 5.74) is 3.95. The first-order valence-corrected chi connectivity index (χ1v) is 11.4. The third-order valence-corrected chi connectivity index (χ3v) is 5.92. The second kappa shape index (κ2) is 11.2. The van der Waals surface area contributed by atoms with E-state index in [4.69, 9.17) is 0 Å². The van der Waals surface area contributed by atoms with Gasteiger partial charge in [-0.05, 0) is 68.8 Å². The van der Waals surface area contributed by atoms with Crippen molar-refractivity contribution < 1.29 is 9.18 Å². The zero-order valence-electron chi connectivity index (χ0n) is 19.6. The number of halogens is 1. The van der Waals surface area contributed by atoms with Gasteiger partial charge in [0.25, 0.3) is 0 Å². The van der Waals surface area contributed by atoms with Crippen molar-refractivity contribution >= 4 is 17.7 Å². The molecular weight excluding hydrogens is 401 g/mol. The van der Waals surface area contributed by atoms with Gasteiger partial charge < -0.3 is 15.1 Å². The van der Waals surface area contributed by atoms with E-state index in [0.717, 1.165) is 49.0 Å². The predicted molar refractivity (Wildman–Crippen MR) is 131 cm³/mol. The van der Waals surface area contributed by atoms with Gasteiger partial charge in [0.2, 0.25) is 0 Å². The molecule has 0 amide bonds. The molecule has 1 heterocycles. The van der Waals surface area contributed by atoms with E-state index in [1.807, 2.05) is 30.3 Å². The van der Waals surface area contributed by atoms with Crippen LogP contribution in [0, 0.1) is 23.6 Å². The molecule has 1 fully saturated rings. The summed E-state index contributed by atoms with van der Waals surface area (Å²) in [7, 11) is 4.14. The van der Waals surface area contributed by atoms with E-state index in [9.17, 15) is 9.18 Å². The third-order valence-electron chi connectivity index (χ3n) is 5.92. The Kier molecular flexibility index (Phi) is 8.30. The molecule has 1 atom stereocenters. The van der Waals surface area contributed by atoms with Gasteiger partial charge in [-0.2, -0.15) is 0 Å². The van der Waals surface area contributed by atoms with E-state index < -0.39 is 0 Å². The van der Waals surface area contributed by atoms with Crippen LogP contribution in [-0.4, -0.2) is 51.0 Å². The highest BCUT2D eigenvalue weighted by Crippen LogP contribution is 2.27. The smallest absolute Gasteiger partial charge is 0.150 e. The molecule has 32 heavy (non-hydrogen) atoms. The molecule has 1 saturated heterocycles. The number of aldehydes is 1. The van der Waals surface area contributed by atoms with Crippen LogP contribution in [0.25, 0.3) is 0 Å². The first-order chi connectivity index (χ1) is 15.4. The van der Waals surface area contributed by atoms with Gasteiger partial charge in [-0.15, -0.1) is 0 Å². The van der Waals surface area contributed by atoms with E-state index in [1.54, 1.807) is 6.07 Å². The highest BCUT2D eigenvalue weighted by Gasteiger charge is 2.25. The third kappa shape index (κ3) is 6.34. The van der Waals surface area contributed by atoms with Crippen molar-refractivity contribution in [3.8, 4) is 11.8 Å². The van der Waals surface area contributed by atoms with Gasteiger partial charge in [0.05, 0.1) is 5.69 Å². The van der Waals surface area contributed by atoms with Crippen molar-refractivity contribution in [1.82, 2.24) is 4.90 Å². The Labute approximate surface area is 191 Å². The van der Waals surface area contributed by atoms with Crippen LogP contribution in [0.1, 0.15) is 48.2 Å². The quantitative estimate of drug-likeness (QED) is 0.476. The molecule has 1 aliphatic heterocycles. The summed E-state index contributed by atoms with van der Waals surface area (Å²) in [4.78, 5) is 15.8. The average Bonchev–Trinajstić information content (AvgIpc) is 3.24. The van der Waals surface area contributed by atoms with Crippen LogP contribution in [0.4, 0.5) is 15.8 Å². The molecule has 3 rings (SSSR count). The Morgan fingerprint density at radius 1 is 1.25 bits per heavy atom. The molecule has 0 unspecified atom stereocenters. The van der Waals surface area contributed by atoms with Gasteiger partial charge in [-0.3, -0.25) is 4.79 Å². The number of nitrogens with zero attached hydrogens (tertiary/aromatic N) is 2. The molecule has 1 N–H and O–H groups in total. The molecule has 1 aliphatic rings. The van der Waals surface area contributed by atoms with Crippen LogP contribution in [0.3, 0.4) is 0 Å². The molecule has 4 nitrogen and oxygen atoms in total. The minimum atomic E-state index is -0.203. The van der Waals surface area contributed by atoms with Crippen molar-refractivity contribution in [1.29, 1.82) is 0 Å². The van der Waals surface area contributed by atoms with E-state index in [2.05, 4.69) is 54.9 Å². The lowest BCUT2D eigenvalue weighted by atomic mass is 10.0. The lowest BCUT2D eigenvalue weighted by Crippen LogP contribution is -2.31. The standard InChI is InChI=1S/C27H34FN3O/c1-20(2)6-5-7-21-8-9-23(19-32)22(16-21)12-14-29-24-10-11-27(26(28)17-24)31-15-13-25(18-31)30(3)4/h8-11,16-17,19-20,25,29H,6,12-15,18H2,1-4H3/t25-/m1/s1. The van der Waals surface area contributed by atoms with Crippen molar-refractivity contribution in [2.45, 2.75) is 39.2 Å². The normalized spacial score (nSPS) is 15.7. The molecule has 0 radical (unpaired) electrons. The van der Waals surface area contributed by atoms with Gasteiger partial charge in [0.15, 0.2) is 0 Å². The summed E-state index contributed by atoms with van der Waals surface area (Å²) < 4.78 is 14.8. The molecule has 0 bridgehead atoms. The Morgan fingerprint density at radius 2 is 2.06 bits per heavy atom. The molecule has 0 saturated carbocycles. The number of hydrogen-bond acceptors (Lipinski definition) is 4. The maximum atomic E-state index is 14.8. The molecule has 2 aromatic carbocycles. The number of carbonyl (C=O) groups is 1. The van der Waals surface area contributed by atoms with Gasteiger partial charge in [-0.25, -0.2) is 4.39 Å². The van der Waals surface area contributed by atoms with E-state index in [1.165, 1.54) is 0 Å².